The van der Waals surface area contributed by atoms with E-state index in [0.717, 1.165) is 5.56 Å². The molecule has 0 bridgehead atoms. The summed E-state index contributed by atoms with van der Waals surface area (Å²) in [5.41, 5.74) is 1.02. The number of carbonyl (C=O) groups excluding carboxylic acids is 1. The zero-order valence-electron chi connectivity index (χ0n) is 7.41. The molecule has 1 radical (unpaired) electrons. The van der Waals surface area contributed by atoms with Crippen molar-refractivity contribution in [3.05, 3.63) is 35.9 Å². The first-order valence-corrected chi connectivity index (χ1v) is 3.46. The van der Waals surface area contributed by atoms with Crippen molar-refractivity contribution in [2.75, 3.05) is 0 Å². The van der Waals surface area contributed by atoms with Crippen LogP contribution in [0.15, 0.2) is 30.3 Å². The van der Waals surface area contributed by atoms with Gasteiger partial charge in [0.15, 0.2) is 0 Å². The van der Waals surface area contributed by atoms with Crippen LogP contribution in [0.5, 0.6) is 0 Å². The van der Waals surface area contributed by atoms with Crippen LogP contribution in [0.25, 0.3) is 0 Å². The molecule has 59 valence electrons. The van der Waals surface area contributed by atoms with Gasteiger partial charge in [-0.15, -0.1) is 0 Å². The number of ether oxygens (including phenoxy) is 1. The molecule has 0 aliphatic rings. The average Bonchev–Trinajstić information content (AvgIpc) is 2.03. The normalized spacial score (nSPS) is 8.42. The average molecular weight is 157 g/mol. The van der Waals surface area contributed by atoms with Gasteiger partial charge in [0.25, 0.3) is 0 Å². The van der Waals surface area contributed by atoms with Gasteiger partial charge in [0.05, 0.1) is 0 Å². The number of hydrogen-bond acceptors (Lipinski definition) is 2. The summed E-state index contributed by atoms with van der Waals surface area (Å²) >= 11 is 0. The van der Waals surface area contributed by atoms with E-state index in [9.17, 15) is 4.79 Å². The van der Waals surface area contributed by atoms with Crippen molar-refractivity contribution in [2.45, 2.75) is 13.5 Å². The van der Waals surface area contributed by atoms with Gasteiger partial charge < -0.3 is 4.74 Å². The van der Waals surface area contributed by atoms with Crippen molar-refractivity contribution in [2.24, 2.45) is 0 Å². The molecule has 3 heteroatoms. The van der Waals surface area contributed by atoms with Crippen molar-refractivity contribution < 1.29 is 9.53 Å². The third-order valence-corrected chi connectivity index (χ3v) is 1.28. The molecule has 2 nitrogen and oxygen atoms in total. The summed E-state index contributed by atoms with van der Waals surface area (Å²) in [4.78, 5) is 10.4. The maximum absolute atomic E-state index is 10.4. The number of benzene rings is 1. The van der Waals surface area contributed by atoms with Gasteiger partial charge in [-0.3, -0.25) is 4.79 Å². The summed E-state index contributed by atoms with van der Waals surface area (Å²) < 4.78 is 4.79. The van der Waals surface area contributed by atoms with Crippen LogP contribution in [0.4, 0.5) is 0 Å². The first kappa shape index (κ1) is 11.3. The maximum Gasteiger partial charge on any atom is 0.302 e. The molecule has 0 unspecified atom stereocenters. The number of carbonyl (C=O) groups is 1. The molecule has 1 rings (SSSR count). The Hall–Kier alpha value is -0.713. The first-order valence-electron chi connectivity index (χ1n) is 3.46. The Bertz CT molecular complexity index is 234. The van der Waals surface area contributed by atoms with E-state index in [0.29, 0.717) is 6.61 Å². The summed E-state index contributed by atoms with van der Waals surface area (Å²) in [6.45, 7) is 1.78. The third kappa shape index (κ3) is 4.22. The van der Waals surface area contributed by atoms with Gasteiger partial charge in [0, 0.05) is 25.8 Å². The molecule has 0 aliphatic carbocycles. The van der Waals surface area contributed by atoms with Crippen LogP contribution in [0.2, 0.25) is 0 Å². The van der Waals surface area contributed by atoms with Crippen LogP contribution >= 0.6 is 0 Å². The van der Waals surface area contributed by atoms with Crippen LogP contribution < -0.4 is 0 Å². The molecule has 1 aromatic carbocycles. The van der Waals surface area contributed by atoms with E-state index >= 15 is 0 Å². The molecule has 1 aromatic rings. The van der Waals surface area contributed by atoms with Gasteiger partial charge in [0.1, 0.15) is 6.61 Å². The zero-order chi connectivity index (χ0) is 8.10. The predicted molar refractivity (Wildman–Crippen MR) is 47.7 cm³/mol. The van der Waals surface area contributed by atoms with Gasteiger partial charge in [-0.25, -0.2) is 0 Å². The monoisotopic (exact) mass is 157 g/mol. The molecule has 0 amide bonds. The summed E-state index contributed by atoms with van der Waals surface area (Å²) in [6, 6.07) is 9.60. The third-order valence-electron chi connectivity index (χ3n) is 1.28. The first-order chi connectivity index (χ1) is 5.29. The van der Waals surface area contributed by atoms with Gasteiger partial charge in [-0.2, -0.15) is 0 Å². The summed E-state index contributed by atoms with van der Waals surface area (Å²) in [5, 5.41) is 0. The predicted octanol–water partition coefficient (Wildman–Crippen LogP) is 1.37. The van der Waals surface area contributed by atoms with Crippen LogP contribution in [-0.2, 0) is 16.1 Å². The Morgan fingerprint density at radius 2 is 1.92 bits per heavy atom. The Kier molecular flexibility index (Phi) is 5.53. The van der Waals surface area contributed by atoms with Crippen molar-refractivity contribution in [3.8, 4) is 0 Å². The second-order valence-electron chi connectivity index (χ2n) is 2.27. The van der Waals surface area contributed by atoms with E-state index in [2.05, 4.69) is 0 Å². The summed E-state index contributed by atoms with van der Waals surface area (Å²) in [5.74, 6) is -0.242. The van der Waals surface area contributed by atoms with Gasteiger partial charge in [0.2, 0.25) is 0 Å². The molecule has 0 fully saturated rings. The second kappa shape index (κ2) is 5.88. The van der Waals surface area contributed by atoms with E-state index in [4.69, 9.17) is 4.74 Å². The minimum absolute atomic E-state index is 0. The van der Waals surface area contributed by atoms with Crippen LogP contribution in [0.1, 0.15) is 12.5 Å². The second-order valence-corrected chi connectivity index (χ2v) is 2.27. The van der Waals surface area contributed by atoms with Crippen LogP contribution in [0, 0.1) is 0 Å². The van der Waals surface area contributed by atoms with E-state index < -0.39 is 0 Å². The molecule has 0 N–H and O–H groups in total. The summed E-state index contributed by atoms with van der Waals surface area (Å²) in [7, 11) is 0. The molecule has 0 aliphatic heterocycles. The van der Waals surface area contributed by atoms with Gasteiger partial charge >= 0.3 is 5.97 Å². The van der Waals surface area contributed by atoms with E-state index in [1.165, 1.54) is 6.92 Å². The smallest absolute Gasteiger partial charge is 0.302 e. The fourth-order valence-corrected chi connectivity index (χ4v) is 0.759. The largest absolute Gasteiger partial charge is 0.461 e. The van der Waals surface area contributed by atoms with Gasteiger partial charge in [-0.1, -0.05) is 30.3 Å². The maximum atomic E-state index is 10.4. The molecule has 0 spiro atoms. The molecule has 0 saturated heterocycles. The van der Waals surface area contributed by atoms with E-state index in [1.54, 1.807) is 0 Å². The minimum atomic E-state index is -0.242. The minimum Gasteiger partial charge on any atom is -0.461 e. The molecular weight excluding hydrogens is 147 g/mol. The molecule has 0 aromatic heterocycles. The Labute approximate surface area is 84.1 Å². The van der Waals surface area contributed by atoms with Crippen molar-refractivity contribution >= 4 is 24.8 Å². The number of rotatable bonds is 2. The van der Waals surface area contributed by atoms with Crippen LogP contribution in [0.3, 0.4) is 0 Å². The van der Waals surface area contributed by atoms with Crippen molar-refractivity contribution in [1.29, 1.82) is 0 Å². The molecule has 0 heterocycles. The fraction of sp³-hybridized carbons (Fsp3) is 0.222. The fourth-order valence-electron chi connectivity index (χ4n) is 0.759. The van der Waals surface area contributed by atoms with Crippen LogP contribution in [-0.4, -0.2) is 24.8 Å². The Morgan fingerprint density at radius 1 is 1.33 bits per heavy atom. The molecule has 12 heavy (non-hydrogen) atoms. The quantitative estimate of drug-likeness (QED) is 0.478. The Morgan fingerprint density at radius 3 is 2.42 bits per heavy atom. The zero-order valence-corrected chi connectivity index (χ0v) is 7.41. The molecular formula is C9H10LiO2. The van der Waals surface area contributed by atoms with Crippen molar-refractivity contribution in [3.63, 3.8) is 0 Å². The standard InChI is InChI=1S/C9H10O2.Li/c1-8(10)11-7-9-5-3-2-4-6-9;/h2-6H,7H2,1H3;. The topological polar surface area (TPSA) is 26.3 Å². The SMILES string of the molecule is CC(=O)OCc1ccccc1.[Li]. The summed E-state index contributed by atoms with van der Waals surface area (Å²) in [6.07, 6.45) is 0. The van der Waals surface area contributed by atoms with E-state index in [-0.39, 0.29) is 24.8 Å². The van der Waals surface area contributed by atoms with E-state index in [1.807, 2.05) is 30.3 Å². The van der Waals surface area contributed by atoms with Gasteiger partial charge in [-0.05, 0) is 5.56 Å². The number of hydrogen-bond donors (Lipinski definition) is 0. The number of esters is 1. The van der Waals surface area contributed by atoms with Crippen molar-refractivity contribution in [1.82, 2.24) is 0 Å². The molecule has 0 atom stereocenters. The molecule has 0 saturated carbocycles. The Balaban J connectivity index is 0.00000121.